The van der Waals surface area contributed by atoms with Crippen molar-refractivity contribution >= 4 is 40.8 Å². The first-order valence-electron chi connectivity index (χ1n) is 8.53. The molecule has 9 heteroatoms. The predicted molar refractivity (Wildman–Crippen MR) is 109 cm³/mol. The lowest BCUT2D eigenvalue weighted by molar-refractivity contribution is 0.0697. The lowest BCUT2D eigenvalue weighted by Crippen LogP contribution is -2.27. The van der Waals surface area contributed by atoms with E-state index in [4.69, 9.17) is 43.8 Å². The number of carbonyl (C=O) groups is 1. The predicted octanol–water partition coefficient (Wildman–Crippen LogP) is 4.06. The smallest absolute Gasteiger partial charge is 0.379 e. The number of rotatable bonds is 3. The molecule has 0 amide bonds. The van der Waals surface area contributed by atoms with E-state index in [0.29, 0.717) is 34.9 Å². The topological polar surface area (TPSA) is 116 Å². The van der Waals surface area contributed by atoms with Gasteiger partial charge in [-0.05, 0) is 37.0 Å². The van der Waals surface area contributed by atoms with Crippen LogP contribution in [0.2, 0.25) is 10.0 Å². The zero-order valence-corrected chi connectivity index (χ0v) is 17.2. The number of nitrogens with two attached hydrogens (primary N) is 2. The maximum absolute atomic E-state index is 12.7. The van der Waals surface area contributed by atoms with E-state index in [1.165, 1.54) is 12.1 Å². The maximum Gasteiger partial charge on any atom is 0.379 e. The Labute approximate surface area is 172 Å². The van der Waals surface area contributed by atoms with Crippen LogP contribution in [0.3, 0.4) is 0 Å². The van der Waals surface area contributed by atoms with Crippen molar-refractivity contribution in [3.63, 3.8) is 0 Å². The number of nitrogens with zero attached hydrogens (tertiary/aromatic N) is 2. The third kappa shape index (κ3) is 4.15. The van der Waals surface area contributed by atoms with E-state index < -0.39 is 5.97 Å². The van der Waals surface area contributed by atoms with Gasteiger partial charge in [-0.1, -0.05) is 37.0 Å². The summed E-state index contributed by atoms with van der Waals surface area (Å²) >= 11 is 12.0. The first-order valence-corrected chi connectivity index (χ1v) is 9.28. The Morgan fingerprint density at radius 2 is 1.96 bits per heavy atom. The number of esters is 1. The van der Waals surface area contributed by atoms with Crippen molar-refractivity contribution in [2.24, 2.45) is 27.1 Å². The third-order valence-corrected chi connectivity index (χ3v) is 4.89. The van der Waals surface area contributed by atoms with Gasteiger partial charge in [0.05, 0.1) is 10.7 Å². The Balaban J connectivity index is 2.00. The molecule has 2 aromatic rings. The normalized spacial score (nSPS) is 16.5. The Morgan fingerprint density at radius 3 is 2.61 bits per heavy atom. The molecule has 1 aliphatic rings. The van der Waals surface area contributed by atoms with E-state index in [0.717, 1.165) is 5.56 Å². The molecule has 0 saturated carbocycles. The zero-order chi connectivity index (χ0) is 20.6. The molecule has 0 radical (unpaired) electrons. The molecule has 0 bridgehead atoms. The highest BCUT2D eigenvalue weighted by Gasteiger charge is 2.36. The van der Waals surface area contributed by atoms with Gasteiger partial charge in [0, 0.05) is 22.6 Å². The fraction of sp³-hybridized carbons (Fsp3) is 0.316. The summed E-state index contributed by atoms with van der Waals surface area (Å²) in [6, 6.07) is 4.60. The van der Waals surface area contributed by atoms with Gasteiger partial charge in [0.1, 0.15) is 11.5 Å². The molecule has 7 nitrogen and oxygen atoms in total. The van der Waals surface area contributed by atoms with Crippen molar-refractivity contribution in [2.75, 3.05) is 0 Å². The van der Waals surface area contributed by atoms with E-state index >= 15 is 0 Å². The van der Waals surface area contributed by atoms with Gasteiger partial charge in [0.2, 0.25) is 11.7 Å². The highest BCUT2D eigenvalue weighted by Crippen LogP contribution is 2.39. The van der Waals surface area contributed by atoms with E-state index in [1.807, 2.05) is 0 Å². The fourth-order valence-electron chi connectivity index (χ4n) is 3.22. The van der Waals surface area contributed by atoms with Crippen LogP contribution in [-0.4, -0.2) is 17.6 Å². The van der Waals surface area contributed by atoms with Gasteiger partial charge in [-0.2, -0.15) is 5.10 Å². The minimum absolute atomic E-state index is 0.0890. The molecule has 1 aromatic heterocycles. The molecular weight excluding hydrogens is 403 g/mol. The Kier molecular flexibility index (Phi) is 5.41. The van der Waals surface area contributed by atoms with Gasteiger partial charge in [-0.25, -0.2) is 4.79 Å². The van der Waals surface area contributed by atoms with Crippen molar-refractivity contribution in [1.82, 2.24) is 0 Å². The van der Waals surface area contributed by atoms with Crippen molar-refractivity contribution in [3.05, 3.63) is 50.9 Å². The van der Waals surface area contributed by atoms with Crippen LogP contribution in [0.15, 0.2) is 32.8 Å². The largest absolute Gasteiger partial charge is 0.453 e. The van der Waals surface area contributed by atoms with Crippen LogP contribution in [0.4, 0.5) is 0 Å². The first kappa shape index (κ1) is 20.2. The molecular formula is C19H20Cl2N4O3. The van der Waals surface area contributed by atoms with Gasteiger partial charge in [-0.3, -0.25) is 0 Å². The third-order valence-electron chi connectivity index (χ3n) is 4.36. The average molecular weight is 423 g/mol. The van der Waals surface area contributed by atoms with Crippen LogP contribution in [0, 0.1) is 12.3 Å². The molecule has 0 fully saturated rings. The average Bonchev–Trinajstić information content (AvgIpc) is 2.90. The minimum atomic E-state index is -0.657. The fourth-order valence-corrected chi connectivity index (χ4v) is 3.66. The van der Waals surface area contributed by atoms with E-state index in [1.54, 1.807) is 13.0 Å². The summed E-state index contributed by atoms with van der Waals surface area (Å²) in [4.78, 5) is 12.7. The molecule has 0 aliphatic heterocycles. The van der Waals surface area contributed by atoms with Crippen molar-refractivity contribution < 1.29 is 13.9 Å². The SMILES string of the molecule is Cc1c(C(=O)Oc2ccc(Cl)cc2Cl)oc2c1/C(=N\N=C(N)N)CC(C)(C)C2. The molecule has 1 aliphatic carbocycles. The number of furan rings is 1. The summed E-state index contributed by atoms with van der Waals surface area (Å²) in [5.74, 6) is 0.129. The van der Waals surface area contributed by atoms with Crippen LogP contribution in [0.1, 0.15) is 47.7 Å². The van der Waals surface area contributed by atoms with Gasteiger partial charge in [0.25, 0.3) is 0 Å². The summed E-state index contributed by atoms with van der Waals surface area (Å²) in [5.41, 5.74) is 12.7. The molecule has 0 saturated heterocycles. The Bertz CT molecular complexity index is 1000. The van der Waals surface area contributed by atoms with Gasteiger partial charge in [-0.15, -0.1) is 5.10 Å². The van der Waals surface area contributed by atoms with Gasteiger partial charge in [0.15, 0.2) is 0 Å². The van der Waals surface area contributed by atoms with E-state index in [2.05, 4.69) is 24.1 Å². The number of halogens is 2. The molecule has 4 N–H and O–H groups in total. The van der Waals surface area contributed by atoms with Crippen LogP contribution in [0.25, 0.3) is 0 Å². The van der Waals surface area contributed by atoms with Crippen LogP contribution >= 0.6 is 23.2 Å². The molecule has 1 heterocycles. The molecule has 1 aromatic carbocycles. The number of benzene rings is 1. The summed E-state index contributed by atoms with van der Waals surface area (Å²) in [7, 11) is 0. The number of carbonyl (C=O) groups excluding carboxylic acids is 1. The van der Waals surface area contributed by atoms with Gasteiger partial charge < -0.3 is 20.6 Å². The minimum Gasteiger partial charge on any atom is -0.453 e. The summed E-state index contributed by atoms with van der Waals surface area (Å²) in [5, 5.41) is 8.61. The lowest BCUT2D eigenvalue weighted by Gasteiger charge is -2.29. The van der Waals surface area contributed by atoms with Crippen LogP contribution in [0.5, 0.6) is 5.75 Å². The van der Waals surface area contributed by atoms with Crippen molar-refractivity contribution in [3.8, 4) is 5.75 Å². The van der Waals surface area contributed by atoms with E-state index in [-0.39, 0.29) is 27.9 Å². The highest BCUT2D eigenvalue weighted by molar-refractivity contribution is 6.35. The number of hydrogen-bond acceptors (Lipinski definition) is 5. The summed E-state index contributed by atoms with van der Waals surface area (Å²) in [6.07, 6.45) is 1.27. The van der Waals surface area contributed by atoms with Crippen LogP contribution in [-0.2, 0) is 6.42 Å². The Morgan fingerprint density at radius 1 is 1.25 bits per heavy atom. The second kappa shape index (κ2) is 7.48. The second-order valence-electron chi connectivity index (χ2n) is 7.41. The number of guanidine groups is 1. The zero-order valence-electron chi connectivity index (χ0n) is 15.7. The van der Waals surface area contributed by atoms with Crippen molar-refractivity contribution in [1.29, 1.82) is 0 Å². The standard InChI is InChI=1S/C19H20Cl2N4O3/c1-9-15-12(24-25-18(22)23)7-19(2,3)8-14(15)27-16(9)17(26)28-13-5-4-10(20)6-11(13)21/h4-6H,7-8H2,1-3H3,(H4,22,23,25)/b24-12-. The second-order valence-corrected chi connectivity index (χ2v) is 8.25. The lowest BCUT2D eigenvalue weighted by atomic mass is 9.75. The first-order chi connectivity index (χ1) is 13.1. The highest BCUT2D eigenvalue weighted by atomic mass is 35.5. The molecule has 0 atom stereocenters. The number of ether oxygens (including phenoxy) is 1. The summed E-state index contributed by atoms with van der Waals surface area (Å²) < 4.78 is 11.3. The van der Waals surface area contributed by atoms with E-state index in [9.17, 15) is 4.79 Å². The number of hydrogen-bond donors (Lipinski definition) is 2. The molecule has 28 heavy (non-hydrogen) atoms. The monoisotopic (exact) mass is 422 g/mol. The summed E-state index contributed by atoms with van der Waals surface area (Å²) in [6.45, 7) is 5.92. The molecule has 148 valence electrons. The quantitative estimate of drug-likeness (QED) is 0.254. The number of fused-ring (bicyclic) bond motifs is 1. The molecule has 0 unspecified atom stereocenters. The Hall–Kier alpha value is -2.51. The van der Waals surface area contributed by atoms with Gasteiger partial charge >= 0.3 is 5.97 Å². The van der Waals surface area contributed by atoms with Crippen molar-refractivity contribution in [2.45, 2.75) is 33.6 Å². The maximum atomic E-state index is 12.7. The molecule has 3 rings (SSSR count). The van der Waals surface area contributed by atoms with Crippen LogP contribution < -0.4 is 16.2 Å². The molecule has 0 spiro atoms.